The molecule has 128 valence electrons. The van der Waals surface area contributed by atoms with Crippen molar-refractivity contribution in [3.8, 4) is 5.69 Å². The van der Waals surface area contributed by atoms with E-state index in [1.54, 1.807) is 47.6 Å². The number of halogens is 2. The van der Waals surface area contributed by atoms with E-state index in [0.717, 1.165) is 11.3 Å². The van der Waals surface area contributed by atoms with Crippen molar-refractivity contribution >= 4 is 17.5 Å². The molecule has 0 fully saturated rings. The molecule has 0 spiro atoms. The first-order valence-electron chi connectivity index (χ1n) is 7.79. The Kier molecular flexibility index (Phi) is 5.09. The molecule has 0 aliphatic heterocycles. The summed E-state index contributed by atoms with van der Waals surface area (Å²) in [5.74, 6) is -0.589. The molecule has 1 atom stereocenters. The normalized spacial score (nSPS) is 12.0. The smallest absolute Gasteiger partial charge is 0.253 e. The summed E-state index contributed by atoms with van der Waals surface area (Å²) in [7, 11) is 0. The number of carbonyl (C=O) groups is 1. The third-order valence-corrected chi connectivity index (χ3v) is 4.21. The third-order valence-electron chi connectivity index (χ3n) is 3.90. The van der Waals surface area contributed by atoms with E-state index < -0.39 is 0 Å². The van der Waals surface area contributed by atoms with Gasteiger partial charge in [0, 0.05) is 5.69 Å². The number of amides is 1. The maximum Gasteiger partial charge on any atom is 0.253 e. The van der Waals surface area contributed by atoms with Gasteiger partial charge in [0.1, 0.15) is 18.5 Å². The Morgan fingerprint density at radius 3 is 2.48 bits per heavy atom. The molecule has 1 amide bonds. The van der Waals surface area contributed by atoms with Crippen molar-refractivity contribution in [3.63, 3.8) is 0 Å². The Bertz CT molecular complexity index is 865. The molecule has 0 radical (unpaired) electrons. The molecule has 0 aliphatic rings. The number of rotatable bonds is 5. The molecule has 7 heteroatoms. The number of benzene rings is 2. The maximum absolute atomic E-state index is 13.1. The van der Waals surface area contributed by atoms with Gasteiger partial charge in [-0.15, -0.1) is 10.2 Å². The van der Waals surface area contributed by atoms with Gasteiger partial charge in [-0.2, -0.15) is 0 Å². The second-order valence-electron chi connectivity index (χ2n) is 5.52. The topological polar surface area (TPSA) is 59.8 Å². The molecule has 25 heavy (non-hydrogen) atoms. The fraction of sp³-hybridized carbons (Fsp3) is 0.167. The SMILES string of the molecule is CC[C@@H](NC(=O)c1ccc(-n2cnnc2)cc1Cl)c1ccc(F)cc1. The molecule has 2 aromatic carbocycles. The summed E-state index contributed by atoms with van der Waals surface area (Å²) in [6, 6.07) is 11.0. The summed E-state index contributed by atoms with van der Waals surface area (Å²) in [6.07, 6.45) is 3.77. The van der Waals surface area contributed by atoms with Gasteiger partial charge in [0.25, 0.3) is 5.91 Å². The summed E-state index contributed by atoms with van der Waals surface area (Å²) in [5, 5.41) is 10.7. The van der Waals surface area contributed by atoms with E-state index in [1.807, 2.05) is 6.92 Å². The Labute approximate surface area is 149 Å². The number of hydrogen-bond donors (Lipinski definition) is 1. The van der Waals surface area contributed by atoms with Crippen molar-refractivity contribution < 1.29 is 9.18 Å². The first kappa shape index (κ1) is 17.1. The van der Waals surface area contributed by atoms with Gasteiger partial charge < -0.3 is 5.32 Å². The average Bonchev–Trinajstić information content (AvgIpc) is 3.15. The molecule has 1 heterocycles. The molecule has 0 aliphatic carbocycles. The Morgan fingerprint density at radius 1 is 1.20 bits per heavy atom. The van der Waals surface area contributed by atoms with Gasteiger partial charge in [-0.25, -0.2) is 4.39 Å². The number of aromatic nitrogens is 3. The summed E-state index contributed by atoms with van der Waals surface area (Å²) in [6.45, 7) is 1.95. The number of nitrogens with zero attached hydrogens (tertiary/aromatic N) is 3. The Hall–Kier alpha value is -2.73. The molecule has 5 nitrogen and oxygen atoms in total. The van der Waals surface area contributed by atoms with Gasteiger partial charge in [-0.1, -0.05) is 30.7 Å². The van der Waals surface area contributed by atoms with E-state index >= 15 is 0 Å². The lowest BCUT2D eigenvalue weighted by Crippen LogP contribution is -2.28. The van der Waals surface area contributed by atoms with Crippen LogP contribution in [-0.4, -0.2) is 20.7 Å². The van der Waals surface area contributed by atoms with E-state index in [9.17, 15) is 9.18 Å². The molecule has 3 aromatic rings. The molecule has 0 bridgehead atoms. The second kappa shape index (κ2) is 7.44. The maximum atomic E-state index is 13.1. The predicted molar refractivity (Wildman–Crippen MR) is 93.3 cm³/mol. The molecule has 0 unspecified atom stereocenters. The quantitative estimate of drug-likeness (QED) is 0.751. The van der Waals surface area contributed by atoms with Crippen LogP contribution in [0.15, 0.2) is 55.1 Å². The molecular formula is C18H16ClFN4O. The minimum absolute atomic E-state index is 0.221. The number of nitrogens with one attached hydrogen (secondary N) is 1. The van der Waals surface area contributed by atoms with Crippen LogP contribution < -0.4 is 5.32 Å². The lowest BCUT2D eigenvalue weighted by molar-refractivity contribution is 0.0935. The van der Waals surface area contributed by atoms with Crippen molar-refractivity contribution in [2.24, 2.45) is 0 Å². The average molecular weight is 359 g/mol. The van der Waals surface area contributed by atoms with Gasteiger partial charge in [0.2, 0.25) is 0 Å². The Balaban J connectivity index is 1.79. The van der Waals surface area contributed by atoms with Gasteiger partial charge in [0.05, 0.1) is 16.6 Å². The minimum atomic E-state index is -0.308. The summed E-state index contributed by atoms with van der Waals surface area (Å²) < 4.78 is 14.8. The van der Waals surface area contributed by atoms with Crippen LogP contribution in [0.4, 0.5) is 4.39 Å². The van der Waals surface area contributed by atoms with E-state index in [2.05, 4.69) is 15.5 Å². The van der Waals surface area contributed by atoms with E-state index in [0.29, 0.717) is 17.0 Å². The zero-order chi connectivity index (χ0) is 17.8. The summed E-state index contributed by atoms with van der Waals surface area (Å²) in [5.41, 5.74) is 1.98. The van der Waals surface area contributed by atoms with Crippen molar-refractivity contribution in [2.75, 3.05) is 0 Å². The van der Waals surface area contributed by atoms with Crippen molar-refractivity contribution in [1.82, 2.24) is 20.1 Å². The highest BCUT2D eigenvalue weighted by molar-refractivity contribution is 6.34. The summed E-state index contributed by atoms with van der Waals surface area (Å²) >= 11 is 6.27. The van der Waals surface area contributed by atoms with Gasteiger partial charge in [0.15, 0.2) is 0 Å². The van der Waals surface area contributed by atoms with E-state index in [4.69, 9.17) is 11.6 Å². The number of hydrogen-bond acceptors (Lipinski definition) is 3. The van der Waals surface area contributed by atoms with Crippen molar-refractivity contribution in [3.05, 3.63) is 77.1 Å². The van der Waals surface area contributed by atoms with Crippen molar-refractivity contribution in [1.29, 1.82) is 0 Å². The van der Waals surface area contributed by atoms with Crippen LogP contribution in [0.5, 0.6) is 0 Å². The highest BCUT2D eigenvalue weighted by Gasteiger charge is 2.17. The van der Waals surface area contributed by atoms with Crippen LogP contribution in [0.3, 0.4) is 0 Å². The van der Waals surface area contributed by atoms with E-state index in [-0.39, 0.29) is 17.8 Å². The first-order chi connectivity index (χ1) is 12.1. The predicted octanol–water partition coefficient (Wildman–Crippen LogP) is 3.94. The zero-order valence-electron chi connectivity index (χ0n) is 13.5. The van der Waals surface area contributed by atoms with Crippen LogP contribution in [0, 0.1) is 5.82 Å². The van der Waals surface area contributed by atoms with Crippen LogP contribution in [-0.2, 0) is 0 Å². The monoisotopic (exact) mass is 358 g/mol. The fourth-order valence-corrected chi connectivity index (χ4v) is 2.80. The summed E-state index contributed by atoms with van der Waals surface area (Å²) in [4.78, 5) is 12.6. The third kappa shape index (κ3) is 3.85. The lowest BCUT2D eigenvalue weighted by Gasteiger charge is -2.18. The van der Waals surface area contributed by atoms with Crippen LogP contribution in [0.2, 0.25) is 5.02 Å². The minimum Gasteiger partial charge on any atom is -0.345 e. The van der Waals surface area contributed by atoms with Gasteiger partial charge in [-0.3, -0.25) is 9.36 Å². The molecule has 0 saturated heterocycles. The number of carbonyl (C=O) groups excluding carboxylic acids is 1. The van der Waals surface area contributed by atoms with Gasteiger partial charge >= 0.3 is 0 Å². The molecular weight excluding hydrogens is 343 g/mol. The molecule has 0 saturated carbocycles. The highest BCUT2D eigenvalue weighted by atomic mass is 35.5. The zero-order valence-corrected chi connectivity index (χ0v) is 14.2. The highest BCUT2D eigenvalue weighted by Crippen LogP contribution is 2.22. The Morgan fingerprint density at radius 2 is 1.88 bits per heavy atom. The van der Waals surface area contributed by atoms with Crippen LogP contribution >= 0.6 is 11.6 Å². The molecule has 3 rings (SSSR count). The van der Waals surface area contributed by atoms with Crippen LogP contribution in [0.1, 0.15) is 35.3 Å². The standard InChI is InChI=1S/C18H16ClFN4O/c1-2-17(12-3-5-13(20)6-4-12)23-18(25)15-8-7-14(9-16(15)19)24-10-21-22-11-24/h3-11,17H,2H2,1H3,(H,23,25)/t17-/m1/s1. The lowest BCUT2D eigenvalue weighted by atomic mass is 10.0. The largest absolute Gasteiger partial charge is 0.345 e. The van der Waals surface area contributed by atoms with Gasteiger partial charge in [-0.05, 0) is 42.3 Å². The van der Waals surface area contributed by atoms with Crippen LogP contribution in [0.25, 0.3) is 5.69 Å². The fourth-order valence-electron chi connectivity index (χ4n) is 2.53. The first-order valence-corrected chi connectivity index (χ1v) is 8.17. The second-order valence-corrected chi connectivity index (χ2v) is 5.93. The van der Waals surface area contributed by atoms with Crippen molar-refractivity contribution in [2.45, 2.75) is 19.4 Å². The van der Waals surface area contributed by atoms with E-state index in [1.165, 1.54) is 12.1 Å². The molecule has 1 aromatic heterocycles. The molecule has 1 N–H and O–H groups in total.